The first-order valence-electron chi connectivity index (χ1n) is 6.75. The van der Waals surface area contributed by atoms with E-state index in [1.54, 1.807) is 13.1 Å². The summed E-state index contributed by atoms with van der Waals surface area (Å²) in [6, 6.07) is 14.3. The molecule has 3 nitrogen and oxygen atoms in total. The third kappa shape index (κ3) is 3.52. The first-order valence-corrected chi connectivity index (χ1v) is 6.75. The highest BCUT2D eigenvalue weighted by Gasteiger charge is 2.16. The van der Waals surface area contributed by atoms with E-state index in [0.717, 1.165) is 16.8 Å². The van der Waals surface area contributed by atoms with Crippen molar-refractivity contribution in [3.05, 3.63) is 54.2 Å². The van der Waals surface area contributed by atoms with E-state index in [9.17, 15) is 4.79 Å². The van der Waals surface area contributed by atoms with E-state index in [0.29, 0.717) is 6.42 Å². The maximum absolute atomic E-state index is 11.4. The highest BCUT2D eigenvalue weighted by molar-refractivity contribution is 5.76. The Kier molecular flexibility index (Phi) is 4.64. The number of hydrogen-bond acceptors (Lipinski definition) is 3. The minimum Gasteiger partial charge on any atom is -0.302 e. The van der Waals surface area contributed by atoms with Gasteiger partial charge in [0.25, 0.3) is 0 Å². The van der Waals surface area contributed by atoms with Crippen molar-refractivity contribution in [1.29, 1.82) is 0 Å². The lowest BCUT2D eigenvalue weighted by molar-refractivity contribution is -0.118. The number of carbonyl (C=O) groups is 1. The molecule has 0 spiro atoms. The number of aromatic nitrogens is 1. The first kappa shape index (κ1) is 14.4. The predicted molar refractivity (Wildman–Crippen MR) is 81.4 cm³/mol. The fourth-order valence-electron chi connectivity index (χ4n) is 2.28. The zero-order valence-corrected chi connectivity index (χ0v) is 12.2. The highest BCUT2D eigenvalue weighted by atomic mass is 16.1. The smallest absolute Gasteiger partial charge is 0.131 e. The zero-order chi connectivity index (χ0) is 14.5. The quantitative estimate of drug-likeness (QED) is 0.834. The minimum absolute atomic E-state index is 0.130. The first-order chi connectivity index (χ1) is 9.58. The third-order valence-electron chi connectivity index (χ3n) is 3.36. The molecule has 0 bridgehead atoms. The van der Waals surface area contributed by atoms with Crippen LogP contribution in [0.3, 0.4) is 0 Å². The second-order valence-electron chi connectivity index (χ2n) is 5.22. The van der Waals surface area contributed by atoms with Crippen molar-refractivity contribution in [2.75, 3.05) is 14.1 Å². The Hall–Kier alpha value is -2.00. The van der Waals surface area contributed by atoms with E-state index in [4.69, 9.17) is 0 Å². The van der Waals surface area contributed by atoms with Gasteiger partial charge in [-0.2, -0.15) is 0 Å². The fourth-order valence-corrected chi connectivity index (χ4v) is 2.28. The highest BCUT2D eigenvalue weighted by Crippen LogP contribution is 2.25. The average molecular weight is 268 g/mol. The van der Waals surface area contributed by atoms with Gasteiger partial charge in [-0.05, 0) is 38.7 Å². The Balaban J connectivity index is 2.24. The van der Waals surface area contributed by atoms with Crippen molar-refractivity contribution in [3.8, 4) is 11.3 Å². The summed E-state index contributed by atoms with van der Waals surface area (Å²) in [6.07, 6.45) is 2.33. The molecule has 0 aliphatic rings. The van der Waals surface area contributed by atoms with E-state index in [1.807, 2.05) is 32.3 Å². The molecule has 1 atom stereocenters. The number of Topliss-reactive ketones (excluding diaryl/α,β-unsaturated/α-hetero) is 1. The molecule has 1 aromatic heterocycles. The van der Waals surface area contributed by atoms with Crippen LogP contribution in [0.25, 0.3) is 11.3 Å². The van der Waals surface area contributed by atoms with Crippen LogP contribution in [0, 0.1) is 0 Å². The van der Waals surface area contributed by atoms with Crippen LogP contribution in [0.4, 0.5) is 0 Å². The van der Waals surface area contributed by atoms with E-state index in [1.165, 1.54) is 0 Å². The number of pyridine rings is 1. The molecule has 2 aromatic rings. The summed E-state index contributed by atoms with van der Waals surface area (Å²) in [5.41, 5.74) is 3.21. The van der Waals surface area contributed by atoms with E-state index in [-0.39, 0.29) is 11.8 Å². The molecule has 0 fully saturated rings. The number of carbonyl (C=O) groups excluding carboxylic acids is 1. The molecule has 2 rings (SSSR count). The number of benzene rings is 1. The maximum Gasteiger partial charge on any atom is 0.131 e. The molecule has 0 N–H and O–H groups in total. The topological polar surface area (TPSA) is 33.2 Å². The van der Waals surface area contributed by atoms with Crippen molar-refractivity contribution in [2.45, 2.75) is 19.4 Å². The maximum atomic E-state index is 11.4. The summed E-state index contributed by atoms with van der Waals surface area (Å²) in [4.78, 5) is 17.8. The molecule has 0 saturated heterocycles. The van der Waals surface area contributed by atoms with E-state index in [2.05, 4.69) is 34.1 Å². The number of hydrogen-bond donors (Lipinski definition) is 0. The number of ketones is 1. The summed E-state index contributed by atoms with van der Waals surface area (Å²) >= 11 is 0. The van der Waals surface area contributed by atoms with Gasteiger partial charge in [-0.3, -0.25) is 9.78 Å². The molecular weight excluding hydrogens is 248 g/mol. The number of rotatable bonds is 5. The molecule has 1 aromatic carbocycles. The lowest BCUT2D eigenvalue weighted by Crippen LogP contribution is -2.22. The number of nitrogens with zero attached hydrogens (tertiary/aromatic N) is 2. The van der Waals surface area contributed by atoms with Crippen LogP contribution in [0.2, 0.25) is 0 Å². The molecule has 0 aliphatic carbocycles. The van der Waals surface area contributed by atoms with Crippen molar-refractivity contribution in [1.82, 2.24) is 9.88 Å². The van der Waals surface area contributed by atoms with Gasteiger partial charge in [0.2, 0.25) is 0 Å². The zero-order valence-electron chi connectivity index (χ0n) is 12.2. The van der Waals surface area contributed by atoms with E-state index >= 15 is 0 Å². The van der Waals surface area contributed by atoms with Crippen molar-refractivity contribution >= 4 is 5.78 Å². The van der Waals surface area contributed by atoms with Crippen molar-refractivity contribution in [3.63, 3.8) is 0 Å². The lowest BCUT2D eigenvalue weighted by atomic mass is 9.99. The standard InChI is InChI=1S/C17H20N2O/c1-13(20)12-17(19(2)3)15-9-7-14(8-10-15)16-6-4-5-11-18-16/h4-11,17H,12H2,1-3H3. The molecule has 0 saturated carbocycles. The summed E-state index contributed by atoms with van der Waals surface area (Å²) in [5, 5.41) is 0. The van der Waals surface area contributed by atoms with Crippen LogP contribution < -0.4 is 0 Å². The monoisotopic (exact) mass is 268 g/mol. The van der Waals surface area contributed by atoms with E-state index < -0.39 is 0 Å². The summed E-state index contributed by atoms with van der Waals surface area (Å²) in [5.74, 6) is 0.206. The Labute approximate surface area is 120 Å². The largest absolute Gasteiger partial charge is 0.302 e. The van der Waals surface area contributed by atoms with Crippen LogP contribution in [0.15, 0.2) is 48.7 Å². The summed E-state index contributed by atoms with van der Waals surface area (Å²) in [7, 11) is 4.00. The molecule has 0 radical (unpaired) electrons. The van der Waals surface area contributed by atoms with Gasteiger partial charge in [-0.1, -0.05) is 30.3 Å². The average Bonchev–Trinajstić information content (AvgIpc) is 2.45. The van der Waals surface area contributed by atoms with Gasteiger partial charge >= 0.3 is 0 Å². The van der Waals surface area contributed by atoms with Crippen LogP contribution in [0.1, 0.15) is 24.9 Å². The summed E-state index contributed by atoms with van der Waals surface area (Å²) in [6.45, 7) is 1.64. The normalized spacial score (nSPS) is 12.4. The van der Waals surface area contributed by atoms with Gasteiger partial charge in [-0.25, -0.2) is 0 Å². The van der Waals surface area contributed by atoms with Crippen LogP contribution in [-0.2, 0) is 4.79 Å². The molecule has 0 aliphatic heterocycles. The second kappa shape index (κ2) is 6.44. The Morgan fingerprint density at radius 2 is 1.85 bits per heavy atom. The van der Waals surface area contributed by atoms with Gasteiger partial charge in [0.15, 0.2) is 0 Å². The summed E-state index contributed by atoms with van der Waals surface area (Å²) < 4.78 is 0. The molecule has 0 amide bonds. The Morgan fingerprint density at radius 3 is 2.35 bits per heavy atom. The molecule has 3 heteroatoms. The van der Waals surface area contributed by atoms with Crippen LogP contribution >= 0.6 is 0 Å². The van der Waals surface area contributed by atoms with Gasteiger partial charge in [0.1, 0.15) is 5.78 Å². The SMILES string of the molecule is CC(=O)CC(c1ccc(-c2ccccn2)cc1)N(C)C. The third-order valence-corrected chi connectivity index (χ3v) is 3.36. The van der Waals surface area contributed by atoms with Gasteiger partial charge in [-0.15, -0.1) is 0 Å². The van der Waals surface area contributed by atoms with Crippen molar-refractivity contribution < 1.29 is 4.79 Å². The van der Waals surface area contributed by atoms with Gasteiger partial charge < -0.3 is 4.90 Å². The molecule has 1 heterocycles. The molecular formula is C17H20N2O. The minimum atomic E-state index is 0.130. The molecule has 20 heavy (non-hydrogen) atoms. The fraction of sp³-hybridized carbons (Fsp3) is 0.294. The Morgan fingerprint density at radius 1 is 1.15 bits per heavy atom. The lowest BCUT2D eigenvalue weighted by Gasteiger charge is -2.23. The van der Waals surface area contributed by atoms with Crippen LogP contribution in [-0.4, -0.2) is 29.8 Å². The van der Waals surface area contributed by atoms with Crippen molar-refractivity contribution in [2.24, 2.45) is 0 Å². The molecule has 1 unspecified atom stereocenters. The van der Waals surface area contributed by atoms with Gasteiger partial charge in [0.05, 0.1) is 5.69 Å². The van der Waals surface area contributed by atoms with Crippen LogP contribution in [0.5, 0.6) is 0 Å². The predicted octanol–water partition coefficient (Wildman–Crippen LogP) is 3.33. The second-order valence-corrected chi connectivity index (χ2v) is 5.22. The molecule has 104 valence electrons. The Bertz CT molecular complexity index is 561. The van der Waals surface area contributed by atoms with Gasteiger partial charge in [0, 0.05) is 24.2 Å².